The maximum absolute atomic E-state index is 13.7. The van der Waals surface area contributed by atoms with Gasteiger partial charge >= 0.3 is 5.97 Å². The SMILES string of the molecule is O=C(N[C@@H](Cc1cnc2ccccc2n1)C(=O)O)c1ccccc1F. The summed E-state index contributed by atoms with van der Waals surface area (Å²) in [6.07, 6.45) is 1.40. The van der Waals surface area contributed by atoms with Gasteiger partial charge in [0.15, 0.2) is 0 Å². The number of fused-ring (bicyclic) bond motifs is 1. The molecule has 2 aromatic carbocycles. The molecule has 1 atom stereocenters. The van der Waals surface area contributed by atoms with E-state index in [-0.39, 0.29) is 12.0 Å². The molecule has 1 amide bonds. The van der Waals surface area contributed by atoms with Crippen LogP contribution in [-0.2, 0) is 11.2 Å². The number of hydrogen-bond donors (Lipinski definition) is 2. The van der Waals surface area contributed by atoms with Gasteiger partial charge in [-0.2, -0.15) is 0 Å². The van der Waals surface area contributed by atoms with Crippen molar-refractivity contribution >= 4 is 22.9 Å². The number of amides is 1. The minimum atomic E-state index is -1.25. The Labute approximate surface area is 142 Å². The summed E-state index contributed by atoms with van der Waals surface area (Å²) >= 11 is 0. The number of nitrogens with zero attached hydrogens (tertiary/aromatic N) is 2. The Morgan fingerprint density at radius 1 is 1.08 bits per heavy atom. The van der Waals surface area contributed by atoms with Crippen molar-refractivity contribution in [3.05, 3.63) is 71.8 Å². The van der Waals surface area contributed by atoms with Gasteiger partial charge in [0.1, 0.15) is 11.9 Å². The van der Waals surface area contributed by atoms with E-state index in [1.807, 2.05) is 6.07 Å². The molecule has 25 heavy (non-hydrogen) atoms. The fourth-order valence-corrected chi connectivity index (χ4v) is 2.38. The number of aromatic nitrogens is 2. The second-order valence-corrected chi connectivity index (χ2v) is 5.40. The van der Waals surface area contributed by atoms with Crippen molar-refractivity contribution in [2.24, 2.45) is 0 Å². The van der Waals surface area contributed by atoms with Crippen molar-refractivity contribution in [1.29, 1.82) is 0 Å². The number of rotatable bonds is 5. The quantitative estimate of drug-likeness (QED) is 0.743. The predicted molar refractivity (Wildman–Crippen MR) is 88.5 cm³/mol. The lowest BCUT2D eigenvalue weighted by molar-refractivity contribution is -0.139. The Morgan fingerprint density at radius 2 is 1.76 bits per heavy atom. The third-order valence-electron chi connectivity index (χ3n) is 3.63. The van der Waals surface area contributed by atoms with Crippen LogP contribution in [0, 0.1) is 5.82 Å². The summed E-state index contributed by atoms with van der Waals surface area (Å²) in [5, 5.41) is 11.7. The van der Waals surface area contributed by atoms with E-state index >= 15 is 0 Å². The first-order valence-corrected chi connectivity index (χ1v) is 7.53. The first kappa shape index (κ1) is 16.5. The van der Waals surface area contributed by atoms with Gasteiger partial charge in [-0.05, 0) is 24.3 Å². The smallest absolute Gasteiger partial charge is 0.326 e. The highest BCUT2D eigenvalue weighted by molar-refractivity contribution is 5.96. The standard InChI is InChI=1S/C18H14FN3O3/c19-13-6-2-1-5-12(13)17(23)22-16(18(24)25)9-11-10-20-14-7-3-4-8-15(14)21-11/h1-8,10,16H,9H2,(H,22,23)(H,24,25)/t16-/m0/s1. The summed E-state index contributed by atoms with van der Waals surface area (Å²) in [4.78, 5) is 32.2. The molecule has 2 N–H and O–H groups in total. The van der Waals surface area contributed by atoms with Crippen LogP contribution in [-0.4, -0.2) is 33.0 Å². The molecule has 1 heterocycles. The molecule has 0 fully saturated rings. The number of benzene rings is 2. The molecule has 0 radical (unpaired) electrons. The van der Waals surface area contributed by atoms with E-state index in [0.717, 1.165) is 6.07 Å². The van der Waals surface area contributed by atoms with Crippen LogP contribution in [0.15, 0.2) is 54.7 Å². The number of carbonyl (C=O) groups is 2. The molecule has 0 bridgehead atoms. The van der Waals surface area contributed by atoms with Crippen LogP contribution in [0.25, 0.3) is 11.0 Å². The van der Waals surface area contributed by atoms with Gasteiger partial charge in [-0.1, -0.05) is 24.3 Å². The minimum Gasteiger partial charge on any atom is -0.480 e. The van der Waals surface area contributed by atoms with E-state index in [9.17, 15) is 19.1 Å². The highest BCUT2D eigenvalue weighted by Crippen LogP contribution is 2.11. The van der Waals surface area contributed by atoms with Gasteiger partial charge in [-0.15, -0.1) is 0 Å². The molecule has 1 aromatic heterocycles. The average molecular weight is 339 g/mol. The monoisotopic (exact) mass is 339 g/mol. The second kappa shape index (κ2) is 7.04. The van der Waals surface area contributed by atoms with Crippen molar-refractivity contribution < 1.29 is 19.1 Å². The van der Waals surface area contributed by atoms with Crippen LogP contribution in [0.1, 0.15) is 16.1 Å². The molecule has 0 saturated carbocycles. The lowest BCUT2D eigenvalue weighted by atomic mass is 10.1. The summed E-state index contributed by atoms with van der Waals surface area (Å²) in [7, 11) is 0. The Balaban J connectivity index is 1.80. The number of carbonyl (C=O) groups excluding carboxylic acids is 1. The van der Waals surface area contributed by atoms with E-state index in [1.54, 1.807) is 18.2 Å². The number of para-hydroxylation sites is 2. The number of nitrogens with one attached hydrogen (secondary N) is 1. The van der Waals surface area contributed by atoms with Crippen LogP contribution in [0.2, 0.25) is 0 Å². The van der Waals surface area contributed by atoms with Crippen molar-refractivity contribution in [2.75, 3.05) is 0 Å². The molecule has 126 valence electrons. The third-order valence-corrected chi connectivity index (χ3v) is 3.63. The zero-order valence-corrected chi connectivity index (χ0v) is 13.0. The summed E-state index contributed by atoms with van der Waals surface area (Å²) in [6.45, 7) is 0. The Bertz CT molecular complexity index is 946. The van der Waals surface area contributed by atoms with Crippen LogP contribution >= 0.6 is 0 Å². The number of halogens is 1. The molecular formula is C18H14FN3O3. The molecule has 0 spiro atoms. The summed E-state index contributed by atoms with van der Waals surface area (Å²) < 4.78 is 13.7. The molecule has 0 aliphatic rings. The number of carboxylic acid groups (broad SMARTS) is 1. The fourth-order valence-electron chi connectivity index (χ4n) is 2.38. The highest BCUT2D eigenvalue weighted by Gasteiger charge is 2.23. The van der Waals surface area contributed by atoms with Crippen molar-refractivity contribution in [1.82, 2.24) is 15.3 Å². The lowest BCUT2D eigenvalue weighted by Crippen LogP contribution is -2.42. The maximum atomic E-state index is 13.7. The van der Waals surface area contributed by atoms with Gasteiger partial charge in [0.05, 0.1) is 22.3 Å². The Hall–Kier alpha value is -3.35. The third kappa shape index (κ3) is 3.77. The Kier molecular flexibility index (Phi) is 4.65. The summed E-state index contributed by atoms with van der Waals surface area (Å²) in [6, 6.07) is 11.3. The number of hydrogen-bond acceptors (Lipinski definition) is 4. The van der Waals surface area contributed by atoms with E-state index in [1.165, 1.54) is 24.4 Å². The zero-order chi connectivity index (χ0) is 17.8. The van der Waals surface area contributed by atoms with Gasteiger partial charge in [-0.3, -0.25) is 9.78 Å². The molecule has 0 aliphatic carbocycles. The second-order valence-electron chi connectivity index (χ2n) is 5.40. The molecule has 3 rings (SSSR count). The zero-order valence-electron chi connectivity index (χ0n) is 13.0. The molecular weight excluding hydrogens is 325 g/mol. The van der Waals surface area contributed by atoms with Crippen LogP contribution in [0.4, 0.5) is 4.39 Å². The molecule has 0 saturated heterocycles. The summed E-state index contributed by atoms with van der Waals surface area (Å²) in [5.74, 6) is -2.74. The summed E-state index contributed by atoms with van der Waals surface area (Å²) in [5.41, 5.74) is 1.52. The molecule has 6 nitrogen and oxygen atoms in total. The first-order chi connectivity index (χ1) is 12.0. The van der Waals surface area contributed by atoms with Crippen molar-refractivity contribution in [2.45, 2.75) is 12.5 Å². The first-order valence-electron chi connectivity index (χ1n) is 7.53. The number of carboxylic acids is 1. The van der Waals surface area contributed by atoms with E-state index < -0.39 is 23.7 Å². The minimum absolute atomic E-state index is 0.0621. The van der Waals surface area contributed by atoms with Gasteiger partial charge in [0, 0.05) is 12.6 Å². The normalized spacial score (nSPS) is 11.9. The van der Waals surface area contributed by atoms with Gasteiger partial charge in [0.2, 0.25) is 0 Å². The van der Waals surface area contributed by atoms with Gasteiger partial charge < -0.3 is 10.4 Å². The van der Waals surface area contributed by atoms with Crippen molar-refractivity contribution in [3.63, 3.8) is 0 Å². The van der Waals surface area contributed by atoms with Crippen LogP contribution in [0.5, 0.6) is 0 Å². The molecule has 7 heteroatoms. The molecule has 3 aromatic rings. The van der Waals surface area contributed by atoms with E-state index in [2.05, 4.69) is 15.3 Å². The lowest BCUT2D eigenvalue weighted by Gasteiger charge is -2.14. The van der Waals surface area contributed by atoms with Gasteiger partial charge in [-0.25, -0.2) is 14.2 Å². The van der Waals surface area contributed by atoms with Gasteiger partial charge in [0.25, 0.3) is 5.91 Å². The highest BCUT2D eigenvalue weighted by atomic mass is 19.1. The van der Waals surface area contributed by atoms with Crippen LogP contribution in [0.3, 0.4) is 0 Å². The number of aliphatic carboxylic acids is 1. The molecule has 0 unspecified atom stereocenters. The van der Waals surface area contributed by atoms with E-state index in [0.29, 0.717) is 16.7 Å². The van der Waals surface area contributed by atoms with E-state index in [4.69, 9.17) is 0 Å². The van der Waals surface area contributed by atoms with Crippen LogP contribution < -0.4 is 5.32 Å². The average Bonchev–Trinajstić information content (AvgIpc) is 2.61. The Morgan fingerprint density at radius 3 is 2.48 bits per heavy atom. The topological polar surface area (TPSA) is 92.2 Å². The van der Waals surface area contributed by atoms with Crippen molar-refractivity contribution in [3.8, 4) is 0 Å². The largest absolute Gasteiger partial charge is 0.480 e. The molecule has 0 aliphatic heterocycles. The fraction of sp³-hybridized carbons (Fsp3) is 0.111. The predicted octanol–water partition coefficient (Wildman–Crippen LogP) is 2.19. The maximum Gasteiger partial charge on any atom is 0.326 e.